The van der Waals surface area contributed by atoms with Crippen LogP contribution in [0.4, 0.5) is 0 Å². The molecule has 1 heterocycles. The molecule has 114 valence electrons. The van der Waals surface area contributed by atoms with Crippen LogP contribution in [0, 0.1) is 6.92 Å². The number of carbonyl (C=O) groups is 1. The Kier molecular flexibility index (Phi) is 4.12. The summed E-state index contributed by atoms with van der Waals surface area (Å²) in [5, 5.41) is 6.36. The average molecular weight is 312 g/mol. The predicted octanol–water partition coefficient (Wildman–Crippen LogP) is 4.29. The Labute approximate surface area is 135 Å². The molecule has 1 saturated carbocycles. The van der Waals surface area contributed by atoms with Crippen LogP contribution < -0.4 is 5.32 Å². The lowest BCUT2D eigenvalue weighted by molar-refractivity contribution is 0.0898. The zero-order valence-corrected chi connectivity index (χ0v) is 13.6. The van der Waals surface area contributed by atoms with Crippen molar-refractivity contribution >= 4 is 23.3 Å². The Morgan fingerprint density at radius 3 is 2.55 bits per heavy atom. The Bertz CT molecular complexity index is 681. The van der Waals surface area contributed by atoms with Gasteiger partial charge in [0.15, 0.2) is 0 Å². The van der Waals surface area contributed by atoms with Crippen molar-refractivity contribution in [1.29, 1.82) is 0 Å². The van der Waals surface area contributed by atoms with E-state index in [4.69, 9.17) is 0 Å². The number of aryl methyl sites for hydroxylation is 1. The fourth-order valence-corrected chi connectivity index (χ4v) is 4.02. The summed E-state index contributed by atoms with van der Waals surface area (Å²) < 4.78 is 0. The van der Waals surface area contributed by atoms with E-state index in [1.54, 1.807) is 17.4 Å². The fraction of sp³-hybridized carbons (Fsp3) is 0.333. The molecule has 1 aliphatic carbocycles. The Balaban J connectivity index is 1.84. The third-order valence-electron chi connectivity index (χ3n) is 4.25. The molecule has 0 radical (unpaired) electrons. The lowest BCUT2D eigenvalue weighted by atomic mass is 9.97. The normalized spacial score (nSPS) is 16.4. The van der Waals surface area contributed by atoms with Crippen LogP contribution in [0.1, 0.15) is 52.3 Å². The van der Waals surface area contributed by atoms with Crippen LogP contribution in [0.5, 0.6) is 0 Å². The minimum atomic E-state index is -0.285. The van der Waals surface area contributed by atoms with Gasteiger partial charge in [0.05, 0.1) is 5.54 Å². The number of amides is 1. The number of thiazole rings is 1. The van der Waals surface area contributed by atoms with Gasteiger partial charge in [0.1, 0.15) is 5.01 Å². The molecule has 1 fully saturated rings. The fourth-order valence-electron chi connectivity index (χ4n) is 3.00. The molecule has 1 aliphatic rings. The number of benzene rings is 1. The zero-order chi connectivity index (χ0) is 15.6. The number of carbonyl (C=O) groups excluding carboxylic acids is 1. The first-order valence-corrected chi connectivity index (χ1v) is 8.48. The van der Waals surface area contributed by atoms with Crippen molar-refractivity contribution in [2.45, 2.75) is 38.1 Å². The highest BCUT2D eigenvalue weighted by Gasteiger charge is 2.39. The van der Waals surface area contributed by atoms with Crippen molar-refractivity contribution < 1.29 is 4.79 Å². The van der Waals surface area contributed by atoms with E-state index in [0.29, 0.717) is 5.56 Å². The molecule has 22 heavy (non-hydrogen) atoms. The van der Waals surface area contributed by atoms with Crippen molar-refractivity contribution in [1.82, 2.24) is 10.3 Å². The quantitative estimate of drug-likeness (QED) is 0.915. The van der Waals surface area contributed by atoms with Crippen molar-refractivity contribution in [3.05, 3.63) is 58.1 Å². The molecule has 0 unspecified atom stereocenters. The summed E-state index contributed by atoms with van der Waals surface area (Å²) in [6.45, 7) is 5.73. The lowest BCUT2D eigenvalue weighted by Gasteiger charge is -2.28. The topological polar surface area (TPSA) is 42.0 Å². The Morgan fingerprint density at radius 1 is 1.32 bits per heavy atom. The third-order valence-corrected chi connectivity index (χ3v) is 5.41. The van der Waals surface area contributed by atoms with E-state index in [9.17, 15) is 4.79 Å². The van der Waals surface area contributed by atoms with E-state index in [2.05, 4.69) is 22.3 Å². The molecule has 0 saturated heterocycles. The standard InChI is InChI=1S/C18H20N2OS/c1-3-14-6-8-15(9-7-14)16(21)20-18(10-4-5-11-18)17-19-13(2)12-22-17/h3,6-9,12H,1,4-5,10-11H2,2H3,(H,20,21). The number of hydrogen-bond donors (Lipinski definition) is 1. The number of nitrogens with zero attached hydrogens (tertiary/aromatic N) is 1. The first-order valence-electron chi connectivity index (χ1n) is 7.61. The van der Waals surface area contributed by atoms with Gasteiger partial charge in [-0.1, -0.05) is 37.6 Å². The van der Waals surface area contributed by atoms with Gasteiger partial charge in [-0.15, -0.1) is 11.3 Å². The van der Waals surface area contributed by atoms with Gasteiger partial charge in [0.25, 0.3) is 5.91 Å². The van der Waals surface area contributed by atoms with Crippen LogP contribution in [0.15, 0.2) is 36.2 Å². The van der Waals surface area contributed by atoms with E-state index in [1.165, 1.54) is 0 Å². The summed E-state index contributed by atoms with van der Waals surface area (Å²) in [4.78, 5) is 17.3. The van der Waals surface area contributed by atoms with Crippen molar-refractivity contribution in [3.63, 3.8) is 0 Å². The molecule has 0 bridgehead atoms. The average Bonchev–Trinajstić information content (AvgIpc) is 3.17. The van der Waals surface area contributed by atoms with Gasteiger partial charge in [-0.2, -0.15) is 0 Å². The van der Waals surface area contributed by atoms with Crippen molar-refractivity contribution in [2.24, 2.45) is 0 Å². The van der Waals surface area contributed by atoms with Gasteiger partial charge in [0, 0.05) is 16.6 Å². The van der Waals surface area contributed by atoms with Gasteiger partial charge in [-0.3, -0.25) is 4.79 Å². The van der Waals surface area contributed by atoms with Gasteiger partial charge in [-0.25, -0.2) is 4.98 Å². The third kappa shape index (κ3) is 2.83. The number of nitrogens with one attached hydrogen (secondary N) is 1. The zero-order valence-electron chi connectivity index (χ0n) is 12.8. The van der Waals surface area contributed by atoms with Gasteiger partial charge >= 0.3 is 0 Å². The summed E-state index contributed by atoms with van der Waals surface area (Å²) in [5.74, 6) is -0.0228. The maximum absolute atomic E-state index is 12.6. The molecule has 4 heteroatoms. The summed E-state index contributed by atoms with van der Waals surface area (Å²) in [5.41, 5.74) is 2.44. The van der Waals surface area contributed by atoms with Crippen molar-refractivity contribution in [2.75, 3.05) is 0 Å². The van der Waals surface area contributed by atoms with E-state index < -0.39 is 0 Å². The molecule has 0 atom stereocenters. The second kappa shape index (κ2) is 6.05. The largest absolute Gasteiger partial charge is 0.340 e. The highest BCUT2D eigenvalue weighted by molar-refractivity contribution is 7.09. The van der Waals surface area contributed by atoms with Crippen LogP contribution in [0.3, 0.4) is 0 Å². The van der Waals surface area contributed by atoms with E-state index in [-0.39, 0.29) is 11.4 Å². The lowest BCUT2D eigenvalue weighted by Crippen LogP contribution is -2.43. The molecular weight excluding hydrogens is 292 g/mol. The highest BCUT2D eigenvalue weighted by atomic mass is 32.1. The van der Waals surface area contributed by atoms with Crippen LogP contribution in [-0.4, -0.2) is 10.9 Å². The van der Waals surface area contributed by atoms with Crippen LogP contribution in [0.2, 0.25) is 0 Å². The number of rotatable bonds is 4. The highest BCUT2D eigenvalue weighted by Crippen LogP contribution is 2.40. The predicted molar refractivity (Wildman–Crippen MR) is 91.0 cm³/mol. The minimum absolute atomic E-state index is 0.0228. The second-order valence-corrected chi connectivity index (χ2v) is 6.72. The maximum Gasteiger partial charge on any atom is 0.252 e. The molecule has 1 N–H and O–H groups in total. The molecule has 2 aromatic rings. The number of hydrogen-bond acceptors (Lipinski definition) is 3. The van der Waals surface area contributed by atoms with Crippen LogP contribution >= 0.6 is 11.3 Å². The first kappa shape index (κ1) is 15.0. The molecule has 3 nitrogen and oxygen atoms in total. The van der Waals surface area contributed by atoms with E-state index in [0.717, 1.165) is 41.9 Å². The smallest absolute Gasteiger partial charge is 0.252 e. The van der Waals surface area contributed by atoms with Gasteiger partial charge < -0.3 is 5.32 Å². The molecule has 1 aromatic carbocycles. The van der Waals surface area contributed by atoms with Gasteiger partial charge in [-0.05, 0) is 37.5 Å². The molecule has 3 rings (SSSR count). The molecule has 0 spiro atoms. The van der Waals surface area contributed by atoms with Crippen LogP contribution in [0.25, 0.3) is 6.08 Å². The SMILES string of the molecule is C=Cc1ccc(C(=O)NC2(c3nc(C)cs3)CCCC2)cc1. The summed E-state index contributed by atoms with van der Waals surface area (Å²) in [6.07, 6.45) is 5.98. The molecular formula is C18H20N2OS. The van der Waals surface area contributed by atoms with Crippen molar-refractivity contribution in [3.8, 4) is 0 Å². The molecule has 1 aromatic heterocycles. The van der Waals surface area contributed by atoms with Crippen LogP contribution in [-0.2, 0) is 5.54 Å². The maximum atomic E-state index is 12.6. The second-order valence-electron chi connectivity index (χ2n) is 5.86. The summed E-state index contributed by atoms with van der Waals surface area (Å²) in [7, 11) is 0. The first-order chi connectivity index (χ1) is 10.6. The summed E-state index contributed by atoms with van der Waals surface area (Å²) in [6, 6.07) is 7.53. The molecule has 1 amide bonds. The summed E-state index contributed by atoms with van der Waals surface area (Å²) >= 11 is 1.65. The van der Waals surface area contributed by atoms with E-state index >= 15 is 0 Å². The Morgan fingerprint density at radius 2 is 2.00 bits per heavy atom. The van der Waals surface area contributed by atoms with Gasteiger partial charge in [0.2, 0.25) is 0 Å². The monoisotopic (exact) mass is 312 g/mol. The number of aromatic nitrogens is 1. The Hall–Kier alpha value is -1.94. The molecule has 0 aliphatic heterocycles. The minimum Gasteiger partial charge on any atom is -0.340 e. The van der Waals surface area contributed by atoms with E-state index in [1.807, 2.05) is 31.2 Å².